The van der Waals surface area contributed by atoms with E-state index < -0.39 is 0 Å². The predicted octanol–water partition coefficient (Wildman–Crippen LogP) is 0.964. The summed E-state index contributed by atoms with van der Waals surface area (Å²) in [6, 6.07) is 2.45. The lowest BCUT2D eigenvalue weighted by Gasteiger charge is -2.02. The highest BCUT2D eigenvalue weighted by atomic mass is 31.0. The lowest BCUT2D eigenvalue weighted by atomic mass is 10.4. The molecule has 0 amide bonds. The first-order valence-electron chi connectivity index (χ1n) is 3.01. The Morgan fingerprint density at radius 1 is 1.67 bits per heavy atom. The van der Waals surface area contributed by atoms with E-state index >= 15 is 0 Å². The molecule has 1 rings (SSSR count). The Balaban J connectivity index is 2.85. The molecule has 3 heteroatoms. The predicted molar refractivity (Wildman–Crippen MR) is 42.0 cm³/mol. The SMILES string of the molecule is CC(C)n1ccc(P)n1. The first-order chi connectivity index (χ1) is 4.20. The third-order valence-corrected chi connectivity index (χ3v) is 1.47. The van der Waals surface area contributed by atoms with E-state index in [9.17, 15) is 0 Å². The maximum absolute atomic E-state index is 4.19. The molecule has 0 spiro atoms. The van der Waals surface area contributed by atoms with Crippen molar-refractivity contribution in [2.45, 2.75) is 19.9 Å². The number of hydrogen-bond donors (Lipinski definition) is 0. The van der Waals surface area contributed by atoms with Crippen LogP contribution >= 0.6 is 9.24 Å². The van der Waals surface area contributed by atoms with Crippen molar-refractivity contribution < 1.29 is 0 Å². The van der Waals surface area contributed by atoms with E-state index in [2.05, 4.69) is 28.2 Å². The van der Waals surface area contributed by atoms with E-state index in [-0.39, 0.29) is 0 Å². The molecule has 0 fully saturated rings. The van der Waals surface area contributed by atoms with Crippen molar-refractivity contribution in [3.8, 4) is 0 Å². The van der Waals surface area contributed by atoms with Gasteiger partial charge >= 0.3 is 0 Å². The van der Waals surface area contributed by atoms with E-state index in [4.69, 9.17) is 0 Å². The van der Waals surface area contributed by atoms with Crippen molar-refractivity contribution in [3.63, 3.8) is 0 Å². The summed E-state index contributed by atoms with van der Waals surface area (Å²) in [5.41, 5.74) is 1.00. The van der Waals surface area contributed by atoms with Gasteiger partial charge in [0.25, 0.3) is 0 Å². The van der Waals surface area contributed by atoms with Gasteiger partial charge in [0.15, 0.2) is 0 Å². The smallest absolute Gasteiger partial charge is 0.0788 e. The summed E-state index contributed by atoms with van der Waals surface area (Å²) in [4.78, 5) is 0. The van der Waals surface area contributed by atoms with Gasteiger partial charge in [-0.3, -0.25) is 4.68 Å². The quantitative estimate of drug-likeness (QED) is 0.534. The molecular formula is C6H11N2P. The van der Waals surface area contributed by atoms with Gasteiger partial charge in [-0.1, -0.05) is 9.24 Å². The zero-order valence-electron chi connectivity index (χ0n) is 5.70. The minimum Gasteiger partial charge on any atom is -0.270 e. The highest BCUT2D eigenvalue weighted by Gasteiger charge is 1.95. The molecule has 0 bridgehead atoms. The van der Waals surface area contributed by atoms with Crippen LogP contribution in [-0.2, 0) is 0 Å². The molecule has 0 saturated carbocycles. The van der Waals surface area contributed by atoms with E-state index in [1.165, 1.54) is 0 Å². The topological polar surface area (TPSA) is 17.8 Å². The second-order valence-electron chi connectivity index (χ2n) is 2.31. The minimum atomic E-state index is 0.472. The van der Waals surface area contributed by atoms with E-state index in [1.807, 2.05) is 16.9 Å². The highest BCUT2D eigenvalue weighted by molar-refractivity contribution is 7.26. The number of rotatable bonds is 1. The Bertz CT molecular complexity index is 193. The van der Waals surface area contributed by atoms with Crippen molar-refractivity contribution in [2.24, 2.45) is 0 Å². The van der Waals surface area contributed by atoms with Crippen molar-refractivity contribution >= 4 is 14.7 Å². The van der Waals surface area contributed by atoms with E-state index in [1.54, 1.807) is 0 Å². The molecule has 1 aromatic heterocycles. The normalized spacial score (nSPS) is 10.7. The summed E-state index contributed by atoms with van der Waals surface area (Å²) in [6.45, 7) is 4.22. The monoisotopic (exact) mass is 142 g/mol. The standard InChI is InChI=1S/C6H11N2P/c1-5(2)8-4-3-6(9)7-8/h3-5H,9H2,1-2H3. The number of aromatic nitrogens is 2. The van der Waals surface area contributed by atoms with Gasteiger partial charge in [0.2, 0.25) is 0 Å². The Kier molecular flexibility index (Phi) is 1.87. The maximum Gasteiger partial charge on any atom is 0.0788 e. The molecular weight excluding hydrogens is 131 g/mol. The molecule has 0 aromatic carbocycles. The van der Waals surface area contributed by atoms with Gasteiger partial charge in [0, 0.05) is 12.2 Å². The molecule has 1 unspecified atom stereocenters. The Hall–Kier alpha value is -0.360. The molecule has 9 heavy (non-hydrogen) atoms. The van der Waals surface area contributed by atoms with Crippen LogP contribution in [0, 0.1) is 0 Å². The summed E-state index contributed by atoms with van der Waals surface area (Å²) in [7, 11) is 2.56. The van der Waals surface area contributed by atoms with Gasteiger partial charge < -0.3 is 0 Å². The third-order valence-electron chi connectivity index (χ3n) is 1.16. The van der Waals surface area contributed by atoms with Crippen LogP contribution in [0.15, 0.2) is 12.3 Å². The fourth-order valence-corrected chi connectivity index (χ4v) is 0.860. The Morgan fingerprint density at radius 2 is 2.33 bits per heavy atom. The zero-order chi connectivity index (χ0) is 6.85. The molecule has 0 N–H and O–H groups in total. The van der Waals surface area contributed by atoms with Gasteiger partial charge in [0.1, 0.15) is 0 Å². The van der Waals surface area contributed by atoms with E-state index in [0.29, 0.717) is 6.04 Å². The first-order valence-corrected chi connectivity index (χ1v) is 3.58. The minimum absolute atomic E-state index is 0.472. The molecule has 1 heterocycles. The number of hydrogen-bond acceptors (Lipinski definition) is 1. The van der Waals surface area contributed by atoms with Gasteiger partial charge in [-0.2, -0.15) is 5.10 Å². The fraction of sp³-hybridized carbons (Fsp3) is 0.500. The van der Waals surface area contributed by atoms with Gasteiger partial charge in [-0.25, -0.2) is 0 Å². The second kappa shape index (κ2) is 2.49. The Morgan fingerprint density at radius 3 is 2.56 bits per heavy atom. The van der Waals surface area contributed by atoms with Crippen LogP contribution in [0.25, 0.3) is 0 Å². The molecule has 50 valence electrons. The molecule has 1 atom stereocenters. The summed E-state index contributed by atoms with van der Waals surface area (Å²) in [5.74, 6) is 0. The Labute approximate surface area is 57.5 Å². The first kappa shape index (κ1) is 6.76. The largest absolute Gasteiger partial charge is 0.270 e. The fourth-order valence-electron chi connectivity index (χ4n) is 0.640. The van der Waals surface area contributed by atoms with Gasteiger partial charge in [-0.15, -0.1) is 0 Å². The highest BCUT2D eigenvalue weighted by Crippen LogP contribution is 1.99. The third kappa shape index (κ3) is 1.52. The van der Waals surface area contributed by atoms with Crippen molar-refractivity contribution in [3.05, 3.63) is 12.3 Å². The molecule has 0 aliphatic heterocycles. The van der Waals surface area contributed by atoms with Crippen LogP contribution in [-0.4, -0.2) is 9.78 Å². The summed E-state index contributed by atoms with van der Waals surface area (Å²) in [6.07, 6.45) is 1.98. The lowest BCUT2D eigenvalue weighted by Crippen LogP contribution is -2.04. The van der Waals surface area contributed by atoms with Crippen LogP contribution in [0.2, 0.25) is 0 Å². The van der Waals surface area contributed by atoms with Crippen molar-refractivity contribution in [1.82, 2.24) is 9.78 Å². The molecule has 0 saturated heterocycles. The van der Waals surface area contributed by atoms with Crippen LogP contribution < -0.4 is 5.44 Å². The summed E-state index contributed by atoms with van der Waals surface area (Å²) in [5, 5.41) is 4.19. The average Bonchev–Trinajstić information content (AvgIpc) is 2.14. The molecule has 0 aliphatic carbocycles. The molecule has 0 radical (unpaired) electrons. The van der Waals surface area contributed by atoms with Crippen molar-refractivity contribution in [2.75, 3.05) is 0 Å². The molecule has 1 aromatic rings. The van der Waals surface area contributed by atoms with Crippen LogP contribution in [0.5, 0.6) is 0 Å². The average molecular weight is 142 g/mol. The molecule has 2 nitrogen and oxygen atoms in total. The number of nitrogens with zero attached hydrogens (tertiary/aromatic N) is 2. The second-order valence-corrected chi connectivity index (χ2v) is 2.91. The van der Waals surface area contributed by atoms with Crippen LogP contribution in [0.3, 0.4) is 0 Å². The summed E-state index contributed by atoms with van der Waals surface area (Å²) < 4.78 is 1.93. The maximum atomic E-state index is 4.19. The van der Waals surface area contributed by atoms with Gasteiger partial charge in [0.05, 0.1) is 5.44 Å². The van der Waals surface area contributed by atoms with Crippen LogP contribution in [0.1, 0.15) is 19.9 Å². The van der Waals surface area contributed by atoms with Gasteiger partial charge in [-0.05, 0) is 19.9 Å². The van der Waals surface area contributed by atoms with Crippen molar-refractivity contribution in [1.29, 1.82) is 0 Å². The molecule has 0 aliphatic rings. The van der Waals surface area contributed by atoms with Crippen LogP contribution in [0.4, 0.5) is 0 Å². The summed E-state index contributed by atoms with van der Waals surface area (Å²) >= 11 is 0. The zero-order valence-corrected chi connectivity index (χ0v) is 6.86. The van der Waals surface area contributed by atoms with E-state index in [0.717, 1.165) is 5.44 Å². The lowest BCUT2D eigenvalue weighted by molar-refractivity contribution is 0.536.